The molecule has 1 unspecified atom stereocenters. The van der Waals surface area contributed by atoms with Gasteiger partial charge in [-0.05, 0) is 88.6 Å². The summed E-state index contributed by atoms with van der Waals surface area (Å²) in [6.45, 7) is 10.4. The van der Waals surface area contributed by atoms with E-state index in [0.29, 0.717) is 49.0 Å². The second kappa shape index (κ2) is 16.7. The van der Waals surface area contributed by atoms with E-state index in [1.807, 2.05) is 11.8 Å². The minimum absolute atomic E-state index is 0.0246. The quantitative estimate of drug-likeness (QED) is 0.211. The second-order valence-electron chi connectivity index (χ2n) is 16.4. The molecule has 5 aliphatic rings. The fourth-order valence-electron chi connectivity index (χ4n) is 9.62. The molecule has 308 valence electrons. The first-order valence-electron chi connectivity index (χ1n) is 20.4. The zero-order valence-electron chi connectivity index (χ0n) is 32.9. The minimum atomic E-state index is -1.01. The van der Waals surface area contributed by atoms with Crippen molar-refractivity contribution in [1.82, 2.24) is 25.1 Å². The van der Waals surface area contributed by atoms with Gasteiger partial charge in [-0.2, -0.15) is 9.97 Å². The first-order chi connectivity index (χ1) is 28.0. The summed E-state index contributed by atoms with van der Waals surface area (Å²) < 4.78 is 48.5. The SMILES string of the molecule is C#Cc1c(F)ccc2cc(O)cc(N3Cc4nc(OC[C@]5(C)C[C@@H](F)CN5C5CCN(C6CCOCC6)CC5)nc(N5CCCCC(NC(=O)C=C)C5)c4OC3=O)c12. The molecule has 15 heteroatoms. The summed E-state index contributed by atoms with van der Waals surface area (Å²) in [4.78, 5) is 44.0. The van der Waals surface area contributed by atoms with Crippen LogP contribution in [-0.2, 0) is 16.1 Å². The Kier molecular flexibility index (Phi) is 11.4. The van der Waals surface area contributed by atoms with Gasteiger partial charge in [0.15, 0.2) is 11.6 Å². The first kappa shape index (κ1) is 39.8. The van der Waals surface area contributed by atoms with Crippen molar-refractivity contribution >= 4 is 34.3 Å². The number of aromatic nitrogens is 2. The van der Waals surface area contributed by atoms with Gasteiger partial charge in [-0.3, -0.25) is 14.6 Å². The van der Waals surface area contributed by atoms with Gasteiger partial charge in [-0.15, -0.1) is 6.42 Å². The number of benzene rings is 2. The van der Waals surface area contributed by atoms with Crippen LogP contribution in [0.15, 0.2) is 36.9 Å². The summed E-state index contributed by atoms with van der Waals surface area (Å²) in [5.41, 5.74) is -0.246. The standard InChI is InChI=1S/C43H51F2N7O6/c1-4-33-34(45)10-9-27-20-32(53)21-36(38(27)33)51-25-35-39(58-42(51)55)40(50-15-7-6-8-29(24-50)46-37(54)5-2)48-41(47-35)57-26-43(3)22-28(44)23-52(43)31-11-16-49(17-12-31)30-13-18-56-19-14-30/h1,5,9-10,20-21,28-31,53H,2,6-8,11-19,22-26H2,3H3,(H,46,54)/t28-,29?,43+/m1/s1. The van der Waals surface area contributed by atoms with E-state index in [2.05, 4.69) is 27.6 Å². The molecule has 0 bridgehead atoms. The Hall–Kier alpha value is -5.04. The molecule has 0 aliphatic carbocycles. The molecule has 0 spiro atoms. The number of phenolic OH excluding ortho intramolecular Hbond substituents is 1. The summed E-state index contributed by atoms with van der Waals surface area (Å²) in [5.74, 6) is 1.74. The average Bonchev–Trinajstić information content (AvgIpc) is 3.36. The Balaban J connectivity index is 1.11. The number of nitrogens with one attached hydrogen (secondary N) is 1. The molecule has 58 heavy (non-hydrogen) atoms. The number of carbonyl (C=O) groups excluding carboxylic acids is 2. The number of hydrogen-bond donors (Lipinski definition) is 2. The van der Waals surface area contributed by atoms with Gasteiger partial charge >= 0.3 is 12.1 Å². The van der Waals surface area contributed by atoms with Crippen molar-refractivity contribution in [3.8, 4) is 29.9 Å². The number of anilines is 2. The Morgan fingerprint density at radius 2 is 1.91 bits per heavy atom. The van der Waals surface area contributed by atoms with Gasteiger partial charge in [0.1, 0.15) is 30.0 Å². The number of nitrogens with zero attached hydrogens (tertiary/aromatic N) is 6. The lowest BCUT2D eigenvalue weighted by atomic mass is 9.93. The Morgan fingerprint density at radius 1 is 1.12 bits per heavy atom. The number of carbonyl (C=O) groups is 2. The van der Waals surface area contributed by atoms with Crippen LogP contribution in [0.4, 0.5) is 25.1 Å². The molecule has 13 nitrogen and oxygen atoms in total. The van der Waals surface area contributed by atoms with Crippen LogP contribution in [0.3, 0.4) is 0 Å². The number of amides is 2. The number of aromatic hydroxyl groups is 1. The van der Waals surface area contributed by atoms with Gasteiger partial charge in [0, 0.05) is 68.8 Å². The minimum Gasteiger partial charge on any atom is -0.508 e. The topological polar surface area (TPSA) is 133 Å². The molecule has 4 fully saturated rings. The van der Waals surface area contributed by atoms with Crippen molar-refractivity contribution in [2.75, 3.05) is 62.3 Å². The lowest BCUT2D eigenvalue weighted by molar-refractivity contribution is -0.117. The lowest BCUT2D eigenvalue weighted by Gasteiger charge is -2.45. The molecular weight excluding hydrogens is 749 g/mol. The number of ether oxygens (including phenoxy) is 3. The fraction of sp³-hybridized carbons (Fsp3) is 0.535. The number of likely N-dealkylation sites (tertiary alicyclic amines) is 2. The van der Waals surface area contributed by atoms with E-state index in [0.717, 1.165) is 71.2 Å². The van der Waals surface area contributed by atoms with Gasteiger partial charge in [0.05, 0.1) is 23.3 Å². The molecule has 1 aromatic heterocycles. The Bertz CT molecular complexity index is 2100. The molecule has 2 aromatic carbocycles. The highest BCUT2D eigenvalue weighted by molar-refractivity contribution is 6.06. The van der Waals surface area contributed by atoms with Crippen LogP contribution >= 0.6 is 0 Å². The molecule has 5 aliphatic heterocycles. The van der Waals surface area contributed by atoms with Crippen LogP contribution in [0.1, 0.15) is 69.5 Å². The number of phenols is 1. The summed E-state index contributed by atoms with van der Waals surface area (Å²) in [7, 11) is 0. The van der Waals surface area contributed by atoms with Gasteiger partial charge in [0.2, 0.25) is 5.91 Å². The second-order valence-corrected chi connectivity index (χ2v) is 16.4. The van der Waals surface area contributed by atoms with Gasteiger partial charge < -0.3 is 34.4 Å². The highest BCUT2D eigenvalue weighted by atomic mass is 19.1. The third-order valence-electron chi connectivity index (χ3n) is 12.5. The van der Waals surface area contributed by atoms with Crippen molar-refractivity contribution in [1.29, 1.82) is 0 Å². The fourth-order valence-corrected chi connectivity index (χ4v) is 9.62. The number of hydrogen-bond acceptors (Lipinski definition) is 11. The highest BCUT2D eigenvalue weighted by Gasteiger charge is 2.47. The van der Waals surface area contributed by atoms with E-state index in [1.54, 1.807) is 0 Å². The number of piperidine rings is 1. The zero-order chi connectivity index (χ0) is 40.6. The largest absolute Gasteiger partial charge is 0.508 e. The molecule has 4 saturated heterocycles. The zero-order valence-corrected chi connectivity index (χ0v) is 32.9. The van der Waals surface area contributed by atoms with Crippen LogP contribution in [0.25, 0.3) is 10.8 Å². The van der Waals surface area contributed by atoms with Crippen molar-refractivity contribution in [2.24, 2.45) is 0 Å². The maximum atomic E-state index is 15.4. The van der Waals surface area contributed by atoms with Crippen LogP contribution < -0.4 is 24.6 Å². The van der Waals surface area contributed by atoms with Crippen molar-refractivity contribution in [3.05, 3.63) is 54.0 Å². The van der Waals surface area contributed by atoms with Crippen molar-refractivity contribution in [3.63, 3.8) is 0 Å². The lowest BCUT2D eigenvalue weighted by Crippen LogP contribution is -2.55. The van der Waals surface area contributed by atoms with Crippen molar-refractivity contribution < 1.29 is 37.7 Å². The van der Waals surface area contributed by atoms with Crippen LogP contribution in [0.2, 0.25) is 0 Å². The van der Waals surface area contributed by atoms with E-state index in [9.17, 15) is 14.7 Å². The monoisotopic (exact) mass is 799 g/mol. The predicted molar refractivity (Wildman–Crippen MR) is 214 cm³/mol. The average molecular weight is 800 g/mol. The van der Waals surface area contributed by atoms with E-state index < -0.39 is 23.6 Å². The van der Waals surface area contributed by atoms with Gasteiger partial charge in [0.25, 0.3) is 0 Å². The van der Waals surface area contributed by atoms with E-state index in [1.165, 1.54) is 35.2 Å². The molecule has 2 amide bonds. The normalized spacial score (nSPS) is 25.2. The number of terminal acetylenes is 1. The van der Waals surface area contributed by atoms with Crippen LogP contribution in [0.5, 0.6) is 17.5 Å². The summed E-state index contributed by atoms with van der Waals surface area (Å²) in [5, 5.41) is 14.4. The molecule has 3 aromatic rings. The van der Waals surface area contributed by atoms with Crippen LogP contribution in [-0.4, -0.2) is 119 Å². The molecule has 0 radical (unpaired) electrons. The summed E-state index contributed by atoms with van der Waals surface area (Å²) in [6, 6.07) is 6.01. The highest BCUT2D eigenvalue weighted by Crippen LogP contribution is 2.42. The molecule has 8 rings (SSSR count). The van der Waals surface area contributed by atoms with E-state index in [-0.39, 0.29) is 65.3 Å². The maximum absolute atomic E-state index is 15.4. The third kappa shape index (κ3) is 8.02. The Morgan fingerprint density at radius 3 is 2.67 bits per heavy atom. The summed E-state index contributed by atoms with van der Waals surface area (Å²) in [6.07, 6.45) is 11.8. The van der Waals surface area contributed by atoms with Crippen LogP contribution in [0, 0.1) is 18.2 Å². The maximum Gasteiger partial charge on any atom is 0.420 e. The van der Waals surface area contributed by atoms with Gasteiger partial charge in [-0.25, -0.2) is 13.6 Å². The Labute approximate surface area is 337 Å². The number of alkyl halides is 1. The van der Waals surface area contributed by atoms with Gasteiger partial charge in [-0.1, -0.05) is 18.6 Å². The molecule has 0 saturated carbocycles. The summed E-state index contributed by atoms with van der Waals surface area (Å²) >= 11 is 0. The van der Waals surface area contributed by atoms with E-state index in [4.69, 9.17) is 30.6 Å². The first-order valence-corrected chi connectivity index (χ1v) is 20.4. The van der Waals surface area contributed by atoms with Crippen molar-refractivity contribution in [2.45, 2.75) is 94.7 Å². The molecule has 3 atom stereocenters. The molecule has 6 heterocycles. The van der Waals surface area contributed by atoms with E-state index >= 15 is 8.78 Å². The smallest absolute Gasteiger partial charge is 0.420 e. The third-order valence-corrected chi connectivity index (χ3v) is 12.5. The molecular formula is C43H51F2N7O6. The molecule has 2 N–H and O–H groups in total. The number of fused-ring (bicyclic) bond motifs is 2. The predicted octanol–water partition coefficient (Wildman–Crippen LogP) is 5.46. The number of rotatable bonds is 9. The number of halogens is 2.